The lowest BCUT2D eigenvalue weighted by Crippen LogP contribution is -2.33. The van der Waals surface area contributed by atoms with Gasteiger partial charge < -0.3 is 25.2 Å². The molecule has 1 amide bonds. The number of para-hydroxylation sites is 1. The Kier molecular flexibility index (Phi) is 8.16. The second kappa shape index (κ2) is 11.9. The van der Waals surface area contributed by atoms with E-state index in [1.54, 1.807) is 24.4 Å². The number of nitrogens with one attached hydrogen (secondary N) is 2. The highest BCUT2D eigenvalue weighted by atomic mass is 32.1. The third-order valence-electron chi connectivity index (χ3n) is 7.59. The Morgan fingerprint density at radius 1 is 1.05 bits per heavy atom. The van der Waals surface area contributed by atoms with Crippen LogP contribution < -0.4 is 10.6 Å². The van der Waals surface area contributed by atoms with Crippen LogP contribution >= 0.6 is 12.2 Å². The van der Waals surface area contributed by atoms with Gasteiger partial charge in [0.05, 0.1) is 23.3 Å². The van der Waals surface area contributed by atoms with Crippen LogP contribution in [0.5, 0.6) is 0 Å². The predicted molar refractivity (Wildman–Crippen MR) is 163 cm³/mol. The number of carboxylic acid groups (broad SMARTS) is 1. The van der Waals surface area contributed by atoms with Gasteiger partial charge in [-0.15, -0.1) is 0 Å². The number of thiocarbonyl (C=S) groups is 1. The highest BCUT2D eigenvalue weighted by Crippen LogP contribution is 2.41. The fourth-order valence-electron chi connectivity index (χ4n) is 5.63. The molecule has 1 saturated heterocycles. The number of rotatable bonds is 9. The summed E-state index contributed by atoms with van der Waals surface area (Å²) in [6, 6.07) is 22.2. The minimum Gasteiger partial charge on any atom is -0.478 e. The third-order valence-corrected chi connectivity index (χ3v) is 7.94. The Hall–Kier alpha value is -4.50. The Morgan fingerprint density at radius 2 is 1.83 bits per heavy atom. The van der Waals surface area contributed by atoms with Crippen LogP contribution in [0.1, 0.15) is 64.0 Å². The Morgan fingerprint density at radius 3 is 2.56 bits per heavy atom. The number of hydrogen-bond donors (Lipinski definition) is 3. The summed E-state index contributed by atoms with van der Waals surface area (Å²) in [4.78, 5) is 31.4. The summed E-state index contributed by atoms with van der Waals surface area (Å²) >= 11 is 5.82. The molecule has 3 N–H and O–H groups in total. The fourth-order valence-corrected chi connectivity index (χ4v) is 5.96. The molecule has 2 aromatic heterocycles. The first-order valence-electron chi connectivity index (χ1n) is 13.7. The second-order valence-electron chi connectivity index (χ2n) is 10.1. The molecule has 9 heteroatoms. The first-order valence-corrected chi connectivity index (χ1v) is 14.1. The molecule has 4 aromatic rings. The lowest BCUT2D eigenvalue weighted by molar-refractivity contribution is -0.116. The molecule has 2 atom stereocenters. The summed E-state index contributed by atoms with van der Waals surface area (Å²) in [5.41, 5.74) is 6.73. The van der Waals surface area contributed by atoms with E-state index in [0.717, 1.165) is 46.0 Å². The Balaban J connectivity index is 1.48. The van der Waals surface area contributed by atoms with Crippen LogP contribution in [-0.2, 0) is 11.2 Å². The van der Waals surface area contributed by atoms with Crippen molar-refractivity contribution in [2.24, 2.45) is 0 Å². The average Bonchev–Trinajstić information content (AvgIpc) is 3.46. The second-order valence-corrected chi connectivity index (χ2v) is 10.5. The molecular formula is C32H33N5O3S. The van der Waals surface area contributed by atoms with Gasteiger partial charge in [0, 0.05) is 41.9 Å². The van der Waals surface area contributed by atoms with Crippen molar-refractivity contribution in [1.29, 1.82) is 0 Å². The fraction of sp³-hybridized carbons (Fsp3) is 0.250. The van der Waals surface area contributed by atoms with Crippen molar-refractivity contribution in [2.45, 2.75) is 45.7 Å². The predicted octanol–water partition coefficient (Wildman–Crippen LogP) is 5.75. The average molecular weight is 568 g/mol. The quantitative estimate of drug-likeness (QED) is 0.222. The number of anilines is 1. The minimum absolute atomic E-state index is 0.0790. The lowest BCUT2D eigenvalue weighted by Gasteiger charge is -2.28. The van der Waals surface area contributed by atoms with Gasteiger partial charge in [-0.2, -0.15) is 0 Å². The zero-order valence-corrected chi connectivity index (χ0v) is 24.1. The minimum atomic E-state index is -0.971. The first kappa shape index (κ1) is 28.0. The van der Waals surface area contributed by atoms with Gasteiger partial charge >= 0.3 is 5.97 Å². The van der Waals surface area contributed by atoms with Crippen molar-refractivity contribution in [1.82, 2.24) is 19.8 Å². The summed E-state index contributed by atoms with van der Waals surface area (Å²) in [6.45, 7) is 6.51. The molecule has 0 bridgehead atoms. The van der Waals surface area contributed by atoms with Crippen LogP contribution in [0, 0.1) is 13.8 Å². The van der Waals surface area contributed by atoms with E-state index in [1.165, 1.54) is 0 Å². The maximum Gasteiger partial charge on any atom is 0.335 e. The van der Waals surface area contributed by atoms with Crippen molar-refractivity contribution in [3.05, 3.63) is 113 Å². The van der Waals surface area contributed by atoms with Crippen LogP contribution in [0.2, 0.25) is 0 Å². The number of aromatic carboxylic acids is 1. The summed E-state index contributed by atoms with van der Waals surface area (Å²) in [5.74, 6) is -1.05. The zero-order chi connectivity index (χ0) is 29.1. The van der Waals surface area contributed by atoms with Crippen LogP contribution in [0.3, 0.4) is 0 Å². The molecule has 3 heterocycles. The van der Waals surface area contributed by atoms with E-state index >= 15 is 0 Å². The van der Waals surface area contributed by atoms with Crippen molar-refractivity contribution in [2.75, 3.05) is 11.9 Å². The number of pyridine rings is 1. The first-order chi connectivity index (χ1) is 19.8. The van der Waals surface area contributed by atoms with Gasteiger partial charge in [-0.05, 0) is 86.1 Å². The number of aromatic nitrogens is 2. The van der Waals surface area contributed by atoms with Crippen molar-refractivity contribution in [3.63, 3.8) is 0 Å². The van der Waals surface area contributed by atoms with Crippen molar-refractivity contribution >= 4 is 34.9 Å². The van der Waals surface area contributed by atoms with Crippen molar-refractivity contribution in [3.8, 4) is 5.69 Å². The molecule has 0 spiro atoms. The Labute approximate surface area is 245 Å². The topological polar surface area (TPSA) is 99.5 Å². The number of hydrogen-bond acceptors (Lipinski definition) is 4. The molecule has 210 valence electrons. The molecule has 5 rings (SSSR count). The number of nitrogens with zero attached hydrogens (tertiary/aromatic N) is 3. The van der Waals surface area contributed by atoms with E-state index in [4.69, 9.17) is 12.2 Å². The van der Waals surface area contributed by atoms with Crippen molar-refractivity contribution < 1.29 is 14.7 Å². The highest BCUT2D eigenvalue weighted by molar-refractivity contribution is 7.80. The van der Waals surface area contributed by atoms with Gasteiger partial charge in [0.25, 0.3) is 0 Å². The standard InChI is InChI=1S/C32H33N5O3S/c1-4-22-10-5-6-13-26(22)34-28(38)15-17-36-30(29(35-32(36)41)27-14-7-8-16-33-27)25-18-20(2)37(21(25)3)24-12-9-11-23(19-24)31(39)40/h5-14,16,18-19,29-30H,4,15,17H2,1-3H3,(H,34,38)(H,35,41)(H,39,40)/t29-,30+/m0/s1. The largest absolute Gasteiger partial charge is 0.478 e. The summed E-state index contributed by atoms with van der Waals surface area (Å²) < 4.78 is 2.06. The Bertz CT molecular complexity index is 1600. The van der Waals surface area contributed by atoms with Crippen LogP contribution in [0.25, 0.3) is 5.69 Å². The highest BCUT2D eigenvalue weighted by Gasteiger charge is 2.41. The molecular weight excluding hydrogens is 534 g/mol. The molecule has 0 unspecified atom stereocenters. The summed E-state index contributed by atoms with van der Waals surface area (Å²) in [5, 5.41) is 16.6. The lowest BCUT2D eigenvalue weighted by atomic mass is 9.96. The summed E-state index contributed by atoms with van der Waals surface area (Å²) in [6.07, 6.45) is 2.85. The van der Waals surface area contributed by atoms with E-state index in [-0.39, 0.29) is 30.0 Å². The normalized spacial score (nSPS) is 16.5. The van der Waals surface area contributed by atoms with Gasteiger partial charge in [0.2, 0.25) is 5.91 Å². The van der Waals surface area contributed by atoms with E-state index in [0.29, 0.717) is 11.7 Å². The van der Waals surface area contributed by atoms with Gasteiger partial charge in [-0.1, -0.05) is 37.3 Å². The van der Waals surface area contributed by atoms with Gasteiger partial charge in [0.15, 0.2) is 5.11 Å². The number of carbonyl (C=O) groups excluding carboxylic acids is 1. The molecule has 8 nitrogen and oxygen atoms in total. The maximum atomic E-state index is 13.1. The number of amides is 1. The van der Waals surface area contributed by atoms with E-state index in [1.807, 2.05) is 62.4 Å². The van der Waals surface area contributed by atoms with Crippen LogP contribution in [0.15, 0.2) is 79.0 Å². The summed E-state index contributed by atoms with van der Waals surface area (Å²) in [7, 11) is 0. The molecule has 0 radical (unpaired) electrons. The molecule has 0 aliphatic carbocycles. The molecule has 1 fully saturated rings. The third kappa shape index (κ3) is 5.71. The number of carboxylic acids is 1. The molecule has 2 aromatic carbocycles. The number of carbonyl (C=O) groups is 2. The van der Waals surface area contributed by atoms with E-state index in [9.17, 15) is 14.7 Å². The molecule has 1 aliphatic rings. The molecule has 1 aliphatic heterocycles. The maximum absolute atomic E-state index is 13.1. The smallest absolute Gasteiger partial charge is 0.335 e. The van der Waals surface area contributed by atoms with E-state index in [2.05, 4.69) is 38.1 Å². The number of benzene rings is 2. The van der Waals surface area contributed by atoms with Gasteiger partial charge in [-0.25, -0.2) is 4.79 Å². The van der Waals surface area contributed by atoms with Crippen LogP contribution in [0.4, 0.5) is 5.69 Å². The van der Waals surface area contributed by atoms with Gasteiger partial charge in [0.1, 0.15) is 0 Å². The monoisotopic (exact) mass is 567 g/mol. The number of aryl methyl sites for hydroxylation is 2. The van der Waals surface area contributed by atoms with E-state index < -0.39 is 5.97 Å². The van der Waals surface area contributed by atoms with Crippen LogP contribution in [-0.4, -0.2) is 43.1 Å². The molecule has 41 heavy (non-hydrogen) atoms. The molecule has 0 saturated carbocycles. The van der Waals surface area contributed by atoms with Gasteiger partial charge in [-0.3, -0.25) is 9.78 Å². The SMILES string of the molecule is CCc1ccccc1NC(=O)CCN1C(=S)N[C@@H](c2ccccn2)[C@H]1c1cc(C)n(-c2cccc(C(=O)O)c2)c1C. The zero-order valence-electron chi connectivity index (χ0n) is 23.3.